The van der Waals surface area contributed by atoms with Gasteiger partial charge in [-0.1, -0.05) is 62.4 Å². The summed E-state index contributed by atoms with van der Waals surface area (Å²) in [5.41, 5.74) is 7.21. The summed E-state index contributed by atoms with van der Waals surface area (Å²) in [4.78, 5) is 73.0. The van der Waals surface area contributed by atoms with Gasteiger partial charge < -0.3 is 44.6 Å². The van der Waals surface area contributed by atoms with Crippen molar-refractivity contribution >= 4 is 45.8 Å². The second-order valence-electron chi connectivity index (χ2n) is 16.7. The smallest absolute Gasteiger partial charge is 0.407 e. The van der Waals surface area contributed by atoms with Gasteiger partial charge in [0.15, 0.2) is 0 Å². The minimum Gasteiger partial charge on any atom is -0.488 e. The lowest BCUT2D eigenvalue weighted by Crippen LogP contribution is -2.52. The quantitative estimate of drug-likeness (QED) is 0.113. The molecule has 4 aromatic carbocycles. The molecule has 5 heterocycles. The molecule has 3 aliphatic heterocycles. The summed E-state index contributed by atoms with van der Waals surface area (Å²) in [7, 11) is 2.57. The number of fused-ring (bicyclic) bond motifs is 6. The SMILES string of the molecule is COC(=O)NC(C(=O)N1CCCC1c1nc2c(ccc3cc4c(cc32)OCc2cc(-c3cnc(C5CCC(C)N5C(=O)C(NC(=O)OC)C(C)C)[nH]3)ccc2-4)[nH]1)c1ccccc1. The number of nitrogens with one attached hydrogen (secondary N) is 4. The van der Waals surface area contributed by atoms with Crippen molar-refractivity contribution < 1.29 is 33.4 Å². The fraction of sp³-hybridized carbons (Fsp3) is 0.362. The maximum atomic E-state index is 14.1. The number of alkyl carbamates (subject to hydrolysis) is 2. The predicted octanol–water partition coefficient (Wildman–Crippen LogP) is 7.86. The van der Waals surface area contributed by atoms with Crippen LogP contribution in [0, 0.1) is 5.92 Å². The van der Waals surface area contributed by atoms with Crippen molar-refractivity contribution in [3.05, 3.63) is 102 Å². The molecule has 0 spiro atoms. The molecule has 5 unspecified atom stereocenters. The zero-order valence-electron chi connectivity index (χ0n) is 35.4. The van der Waals surface area contributed by atoms with Gasteiger partial charge in [-0.3, -0.25) is 9.59 Å². The minimum atomic E-state index is -0.903. The number of carbonyl (C=O) groups excluding carboxylic acids is 4. The number of aromatic nitrogens is 4. The first-order chi connectivity index (χ1) is 30.0. The number of H-pyrrole nitrogens is 2. The topological polar surface area (TPSA) is 184 Å². The van der Waals surface area contributed by atoms with E-state index >= 15 is 0 Å². The molecule has 0 saturated carbocycles. The number of likely N-dealkylation sites (tertiary alicyclic amines) is 2. The molecule has 3 aliphatic rings. The Morgan fingerprint density at radius 2 is 1.63 bits per heavy atom. The molecule has 320 valence electrons. The molecule has 0 aliphatic carbocycles. The Hall–Kier alpha value is -6.90. The Kier molecular flexibility index (Phi) is 10.8. The van der Waals surface area contributed by atoms with Crippen LogP contribution >= 0.6 is 0 Å². The highest BCUT2D eigenvalue weighted by molar-refractivity contribution is 6.07. The molecule has 2 saturated heterocycles. The van der Waals surface area contributed by atoms with E-state index in [1.807, 2.05) is 68.3 Å². The Balaban J connectivity index is 0.964. The van der Waals surface area contributed by atoms with E-state index in [1.54, 1.807) is 4.90 Å². The fourth-order valence-electron chi connectivity index (χ4n) is 9.36. The van der Waals surface area contributed by atoms with Gasteiger partial charge in [-0.25, -0.2) is 19.6 Å². The van der Waals surface area contributed by atoms with Crippen LogP contribution in [0.15, 0.2) is 79.0 Å². The van der Waals surface area contributed by atoms with E-state index in [4.69, 9.17) is 24.2 Å². The summed E-state index contributed by atoms with van der Waals surface area (Å²) >= 11 is 0. The largest absolute Gasteiger partial charge is 0.488 e. The maximum Gasteiger partial charge on any atom is 0.407 e. The van der Waals surface area contributed by atoms with Crippen LogP contribution in [0.25, 0.3) is 44.2 Å². The molecule has 2 aromatic heterocycles. The summed E-state index contributed by atoms with van der Waals surface area (Å²) in [6.45, 7) is 6.75. The van der Waals surface area contributed by atoms with E-state index in [1.165, 1.54) is 14.2 Å². The monoisotopic (exact) mass is 838 g/mol. The van der Waals surface area contributed by atoms with Crippen molar-refractivity contribution in [1.29, 1.82) is 0 Å². The van der Waals surface area contributed by atoms with Crippen LogP contribution in [-0.4, -0.2) is 86.6 Å². The van der Waals surface area contributed by atoms with E-state index in [-0.39, 0.29) is 35.9 Å². The van der Waals surface area contributed by atoms with Crippen molar-refractivity contribution in [3.63, 3.8) is 0 Å². The molecule has 15 nitrogen and oxygen atoms in total. The molecule has 0 bridgehead atoms. The standard InChI is InChI=1S/C47H50N8O7/c1-25(2)39(52-46(58)60-4)45(57)55-26(3)13-18-37(55)42-48-23-35(50-42)29-14-16-31-30(20-29)24-62-38-22-32-28(21-33(31)38)15-17-34-41(32)51-43(49-34)36-12-9-19-54(36)44(56)40(53-47(59)61-5)27-10-7-6-8-11-27/h6-8,10-11,14-17,20-23,25-26,36-37,39-40H,9,12-13,18-19,24H2,1-5H3,(H,48,50)(H,49,51)(H,52,58)(H,53,59). The Labute approximate surface area is 358 Å². The number of benzene rings is 4. The molecule has 4 N–H and O–H groups in total. The maximum absolute atomic E-state index is 14.1. The number of rotatable bonds is 9. The summed E-state index contributed by atoms with van der Waals surface area (Å²) in [5, 5.41) is 7.40. The van der Waals surface area contributed by atoms with Crippen molar-refractivity contribution in [1.82, 2.24) is 40.4 Å². The van der Waals surface area contributed by atoms with Gasteiger partial charge in [-0.2, -0.15) is 0 Å². The molecule has 2 fully saturated rings. The van der Waals surface area contributed by atoms with E-state index in [9.17, 15) is 19.2 Å². The fourth-order valence-corrected chi connectivity index (χ4v) is 9.36. The van der Waals surface area contributed by atoms with Crippen LogP contribution in [-0.2, 0) is 25.7 Å². The number of nitrogens with zero attached hydrogens (tertiary/aromatic N) is 4. The number of imidazole rings is 2. The number of amides is 4. The van der Waals surface area contributed by atoms with Crippen molar-refractivity contribution in [2.24, 2.45) is 5.92 Å². The van der Waals surface area contributed by atoms with Crippen LogP contribution in [0.1, 0.15) is 87.4 Å². The minimum absolute atomic E-state index is 0.0188. The third-order valence-electron chi connectivity index (χ3n) is 12.6. The van der Waals surface area contributed by atoms with Gasteiger partial charge in [0.2, 0.25) is 5.91 Å². The molecule has 9 rings (SSSR count). The van der Waals surface area contributed by atoms with Crippen LogP contribution in [0.5, 0.6) is 5.75 Å². The lowest BCUT2D eigenvalue weighted by molar-refractivity contribution is -0.137. The molecular formula is C47H50N8O7. The number of aromatic amines is 2. The number of ether oxygens (including phenoxy) is 3. The van der Waals surface area contributed by atoms with Gasteiger partial charge in [0.25, 0.3) is 5.91 Å². The zero-order valence-corrected chi connectivity index (χ0v) is 35.4. The molecule has 6 aromatic rings. The van der Waals surface area contributed by atoms with Gasteiger partial charge in [-0.15, -0.1) is 0 Å². The Bertz CT molecular complexity index is 2690. The average molecular weight is 839 g/mol. The summed E-state index contributed by atoms with van der Waals surface area (Å²) in [6.07, 6.45) is 3.60. The number of hydrogen-bond acceptors (Lipinski definition) is 9. The molecule has 5 atom stereocenters. The van der Waals surface area contributed by atoms with Gasteiger partial charge >= 0.3 is 12.2 Å². The van der Waals surface area contributed by atoms with Gasteiger partial charge in [-0.05, 0) is 90.4 Å². The first-order valence-corrected chi connectivity index (χ1v) is 21.2. The lowest BCUT2D eigenvalue weighted by Gasteiger charge is -2.32. The third kappa shape index (κ3) is 7.34. The summed E-state index contributed by atoms with van der Waals surface area (Å²) in [6, 6.07) is 21.6. The number of hydrogen-bond donors (Lipinski definition) is 4. The Morgan fingerprint density at radius 3 is 2.40 bits per heavy atom. The highest BCUT2D eigenvalue weighted by Crippen LogP contribution is 2.44. The molecule has 0 radical (unpaired) electrons. The van der Waals surface area contributed by atoms with E-state index < -0.39 is 24.3 Å². The summed E-state index contributed by atoms with van der Waals surface area (Å²) < 4.78 is 16.1. The van der Waals surface area contributed by atoms with Crippen molar-refractivity contribution in [2.75, 3.05) is 20.8 Å². The van der Waals surface area contributed by atoms with E-state index in [0.717, 1.165) is 81.2 Å². The van der Waals surface area contributed by atoms with Crippen molar-refractivity contribution in [3.8, 4) is 28.1 Å². The van der Waals surface area contributed by atoms with Gasteiger partial charge in [0, 0.05) is 23.5 Å². The molecular weight excluding hydrogens is 789 g/mol. The zero-order chi connectivity index (χ0) is 43.2. The molecule has 4 amide bonds. The lowest BCUT2D eigenvalue weighted by atomic mass is 9.92. The van der Waals surface area contributed by atoms with Crippen LogP contribution in [0.4, 0.5) is 9.59 Å². The highest BCUT2D eigenvalue weighted by atomic mass is 16.5. The first kappa shape index (κ1) is 40.5. The average Bonchev–Trinajstić information content (AvgIpc) is 4.12. The van der Waals surface area contributed by atoms with Crippen LogP contribution in [0.3, 0.4) is 0 Å². The number of methoxy groups -OCH3 is 2. The second-order valence-corrected chi connectivity index (χ2v) is 16.7. The molecule has 15 heteroatoms. The van der Waals surface area contributed by atoms with E-state index in [0.29, 0.717) is 30.4 Å². The number of carbonyl (C=O) groups is 4. The van der Waals surface area contributed by atoms with Gasteiger partial charge in [0.05, 0.1) is 49.2 Å². The normalized spacial score (nSPS) is 19.2. The molecule has 62 heavy (non-hydrogen) atoms. The van der Waals surface area contributed by atoms with Crippen LogP contribution < -0.4 is 15.4 Å². The first-order valence-electron chi connectivity index (χ1n) is 21.2. The van der Waals surface area contributed by atoms with Crippen molar-refractivity contribution in [2.45, 2.75) is 83.3 Å². The predicted molar refractivity (Wildman–Crippen MR) is 232 cm³/mol. The summed E-state index contributed by atoms with van der Waals surface area (Å²) in [5.74, 6) is 1.65. The van der Waals surface area contributed by atoms with Gasteiger partial charge in [0.1, 0.15) is 36.1 Å². The third-order valence-corrected chi connectivity index (χ3v) is 12.6. The second kappa shape index (κ2) is 16.5. The van der Waals surface area contributed by atoms with E-state index in [2.05, 4.69) is 57.0 Å². The van der Waals surface area contributed by atoms with Crippen LogP contribution in [0.2, 0.25) is 0 Å². The highest BCUT2D eigenvalue weighted by Gasteiger charge is 2.41. The Morgan fingerprint density at radius 1 is 0.839 bits per heavy atom.